The number of nitro groups is 1. The molecule has 0 bridgehead atoms. The van der Waals surface area contributed by atoms with Crippen molar-refractivity contribution in [2.75, 3.05) is 13.2 Å². The van der Waals surface area contributed by atoms with Crippen molar-refractivity contribution in [3.05, 3.63) is 75.6 Å². The number of hydrogen-bond donors (Lipinski definition) is 2. The molecule has 2 aromatic rings. The summed E-state index contributed by atoms with van der Waals surface area (Å²) in [5, 5.41) is 16.3. The second-order valence-electron chi connectivity index (χ2n) is 5.93. The lowest BCUT2D eigenvalue weighted by atomic mass is 9.95. The molecule has 0 unspecified atom stereocenters. The Bertz CT molecular complexity index is 960. The van der Waals surface area contributed by atoms with Crippen LogP contribution in [0.2, 0.25) is 0 Å². The van der Waals surface area contributed by atoms with Crippen LogP contribution in [-0.2, 0) is 9.53 Å². The molecule has 1 aromatic carbocycles. The van der Waals surface area contributed by atoms with Gasteiger partial charge in [0.1, 0.15) is 12.8 Å². The molecule has 10 nitrogen and oxygen atoms in total. The molecule has 3 rings (SSSR count). The highest BCUT2D eigenvalue weighted by molar-refractivity contribution is 5.95. The first-order valence-electron chi connectivity index (χ1n) is 8.76. The molecule has 2 heterocycles. The van der Waals surface area contributed by atoms with E-state index in [-0.39, 0.29) is 30.2 Å². The number of hydrogen-bond acceptors (Lipinski definition) is 7. The number of benzene rings is 1. The predicted octanol–water partition coefficient (Wildman–Crippen LogP) is 2.24. The van der Waals surface area contributed by atoms with E-state index in [0.29, 0.717) is 5.56 Å². The molecule has 150 valence electrons. The van der Waals surface area contributed by atoms with E-state index < -0.39 is 28.8 Å². The average molecular weight is 398 g/mol. The number of nitrogens with zero attached hydrogens (tertiary/aromatic N) is 2. The molecule has 0 radical (unpaired) electrons. The van der Waals surface area contributed by atoms with Crippen LogP contribution < -0.4 is 15.4 Å². The van der Waals surface area contributed by atoms with Gasteiger partial charge in [-0.2, -0.15) is 0 Å². The second kappa shape index (κ2) is 8.83. The highest BCUT2D eigenvalue weighted by Gasteiger charge is 2.34. The Labute approximate surface area is 165 Å². The minimum Gasteiger partial charge on any atom is -0.479 e. The lowest BCUT2D eigenvalue weighted by Crippen LogP contribution is -2.47. The summed E-state index contributed by atoms with van der Waals surface area (Å²) < 4.78 is 10.7. The van der Waals surface area contributed by atoms with Crippen molar-refractivity contribution in [3.8, 4) is 5.75 Å². The standard InChI is InChI=1S/C19H18N4O6/c1-2-28-18(24)15-13(11-29-14-9-6-10-20-17(14)23(26)27)21-19(25)22-16(15)12-7-4-3-5-8-12/h3-10,16H,2,11H2,1H3,(H2,21,22,25)/t16-/m1/s1. The minimum absolute atomic E-state index is 0.0859. The van der Waals surface area contributed by atoms with Crippen molar-refractivity contribution in [3.63, 3.8) is 0 Å². The Morgan fingerprint density at radius 3 is 2.69 bits per heavy atom. The van der Waals surface area contributed by atoms with Gasteiger partial charge in [0.25, 0.3) is 0 Å². The van der Waals surface area contributed by atoms with Gasteiger partial charge in [0.2, 0.25) is 5.75 Å². The maximum atomic E-state index is 12.6. The van der Waals surface area contributed by atoms with Crippen molar-refractivity contribution in [2.45, 2.75) is 13.0 Å². The van der Waals surface area contributed by atoms with Crippen LogP contribution in [-0.4, -0.2) is 35.1 Å². The number of esters is 1. The minimum atomic E-state index is -0.758. The zero-order valence-corrected chi connectivity index (χ0v) is 15.5. The van der Waals surface area contributed by atoms with E-state index in [1.54, 1.807) is 31.2 Å². The molecule has 0 saturated carbocycles. The van der Waals surface area contributed by atoms with Crippen molar-refractivity contribution < 1.29 is 24.0 Å². The molecule has 10 heteroatoms. The van der Waals surface area contributed by atoms with Gasteiger partial charge in [0.05, 0.1) is 23.9 Å². The Morgan fingerprint density at radius 1 is 1.24 bits per heavy atom. The normalized spacial score (nSPS) is 15.9. The number of rotatable bonds is 7. The first-order valence-corrected chi connectivity index (χ1v) is 8.76. The molecule has 1 aliphatic rings. The van der Waals surface area contributed by atoms with Crippen LogP contribution >= 0.6 is 0 Å². The summed E-state index contributed by atoms with van der Waals surface area (Å²) in [5.41, 5.74) is 0.985. The third kappa shape index (κ3) is 4.49. The summed E-state index contributed by atoms with van der Waals surface area (Å²) in [6, 6.07) is 10.5. The van der Waals surface area contributed by atoms with Gasteiger partial charge in [-0.25, -0.2) is 9.59 Å². The van der Waals surface area contributed by atoms with E-state index in [9.17, 15) is 19.7 Å². The lowest BCUT2D eigenvalue weighted by Gasteiger charge is -2.29. The van der Waals surface area contributed by atoms with Crippen LogP contribution in [0.4, 0.5) is 10.6 Å². The number of carbonyl (C=O) groups is 2. The molecule has 1 aromatic heterocycles. The fourth-order valence-corrected chi connectivity index (χ4v) is 2.86. The molecule has 2 N–H and O–H groups in total. The maximum Gasteiger partial charge on any atom is 0.406 e. The third-order valence-electron chi connectivity index (χ3n) is 4.08. The summed E-state index contributed by atoms with van der Waals surface area (Å²) >= 11 is 0. The fraction of sp³-hybridized carbons (Fsp3) is 0.211. The predicted molar refractivity (Wildman–Crippen MR) is 101 cm³/mol. The molecule has 0 fully saturated rings. The number of urea groups is 1. The van der Waals surface area contributed by atoms with E-state index in [4.69, 9.17) is 9.47 Å². The summed E-state index contributed by atoms with van der Waals surface area (Å²) in [6.45, 7) is 1.51. The molecule has 29 heavy (non-hydrogen) atoms. The van der Waals surface area contributed by atoms with Gasteiger partial charge >= 0.3 is 17.8 Å². The Balaban J connectivity index is 1.98. The van der Waals surface area contributed by atoms with Crippen LogP contribution in [0.1, 0.15) is 18.5 Å². The van der Waals surface area contributed by atoms with Gasteiger partial charge < -0.3 is 30.2 Å². The largest absolute Gasteiger partial charge is 0.479 e. The monoisotopic (exact) mass is 398 g/mol. The highest BCUT2D eigenvalue weighted by Crippen LogP contribution is 2.29. The summed E-state index contributed by atoms with van der Waals surface area (Å²) in [4.78, 5) is 38.9. The molecule has 0 spiro atoms. The number of nitrogens with one attached hydrogen (secondary N) is 2. The van der Waals surface area contributed by atoms with Gasteiger partial charge in [0, 0.05) is 0 Å². The molecule has 1 aliphatic heterocycles. The Kier molecular flexibility index (Phi) is 6.03. The first kappa shape index (κ1) is 19.8. The molecule has 2 amide bonds. The zero-order chi connectivity index (χ0) is 20.8. The van der Waals surface area contributed by atoms with E-state index >= 15 is 0 Å². The molecule has 1 atom stereocenters. The number of amides is 2. The van der Waals surface area contributed by atoms with Gasteiger partial charge in [-0.05, 0) is 34.5 Å². The smallest absolute Gasteiger partial charge is 0.406 e. The third-order valence-corrected chi connectivity index (χ3v) is 4.08. The molecular weight excluding hydrogens is 380 g/mol. The number of aromatic nitrogens is 1. The average Bonchev–Trinajstić information content (AvgIpc) is 2.72. The highest BCUT2D eigenvalue weighted by atomic mass is 16.6. The second-order valence-corrected chi connectivity index (χ2v) is 5.93. The van der Waals surface area contributed by atoms with Crippen molar-refractivity contribution in [1.29, 1.82) is 0 Å². The summed E-state index contributed by atoms with van der Waals surface area (Å²) in [5.74, 6) is -1.18. The van der Waals surface area contributed by atoms with Gasteiger partial charge in [-0.1, -0.05) is 30.3 Å². The van der Waals surface area contributed by atoms with Gasteiger partial charge in [0.15, 0.2) is 0 Å². The van der Waals surface area contributed by atoms with Crippen LogP contribution in [0, 0.1) is 10.1 Å². The number of pyridine rings is 1. The van der Waals surface area contributed by atoms with E-state index in [2.05, 4.69) is 15.6 Å². The van der Waals surface area contributed by atoms with Gasteiger partial charge in [-0.3, -0.25) is 0 Å². The molecule has 0 aliphatic carbocycles. The Hall–Kier alpha value is -3.95. The maximum absolute atomic E-state index is 12.6. The van der Waals surface area contributed by atoms with E-state index in [0.717, 1.165) is 0 Å². The van der Waals surface area contributed by atoms with Crippen LogP contribution in [0.25, 0.3) is 0 Å². The van der Waals surface area contributed by atoms with Crippen molar-refractivity contribution >= 4 is 17.8 Å². The lowest BCUT2D eigenvalue weighted by molar-refractivity contribution is -0.390. The molecular formula is C19H18N4O6. The van der Waals surface area contributed by atoms with Crippen LogP contribution in [0.3, 0.4) is 0 Å². The van der Waals surface area contributed by atoms with Gasteiger partial charge in [-0.15, -0.1) is 0 Å². The van der Waals surface area contributed by atoms with E-state index in [1.165, 1.54) is 18.3 Å². The number of carbonyl (C=O) groups excluding carboxylic acids is 2. The summed E-state index contributed by atoms with van der Waals surface area (Å²) in [6.07, 6.45) is 1.27. The SMILES string of the molecule is CCOC(=O)C1=C(COc2cccnc2[N+](=O)[O-])NC(=O)N[C@@H]1c1ccccc1. The fourth-order valence-electron chi connectivity index (χ4n) is 2.86. The van der Waals surface area contributed by atoms with E-state index in [1.807, 2.05) is 6.07 Å². The summed E-state index contributed by atoms with van der Waals surface area (Å²) in [7, 11) is 0. The topological polar surface area (TPSA) is 133 Å². The van der Waals surface area contributed by atoms with Crippen molar-refractivity contribution in [1.82, 2.24) is 15.6 Å². The zero-order valence-electron chi connectivity index (χ0n) is 15.5. The molecule has 0 saturated heterocycles. The quantitative estimate of drug-likeness (QED) is 0.415. The van der Waals surface area contributed by atoms with Crippen LogP contribution in [0.5, 0.6) is 5.75 Å². The van der Waals surface area contributed by atoms with Crippen molar-refractivity contribution in [2.24, 2.45) is 0 Å². The number of ether oxygens (including phenoxy) is 2. The van der Waals surface area contributed by atoms with Crippen LogP contribution in [0.15, 0.2) is 59.9 Å². The Morgan fingerprint density at radius 2 is 2.00 bits per heavy atom. The first-order chi connectivity index (χ1) is 14.0.